The summed E-state index contributed by atoms with van der Waals surface area (Å²) >= 11 is 4.08. The lowest BCUT2D eigenvalue weighted by Crippen LogP contribution is -1.98. The second kappa shape index (κ2) is 4.11. The first-order chi connectivity index (χ1) is 7.24. The van der Waals surface area contributed by atoms with Gasteiger partial charge in [-0.05, 0) is 11.8 Å². The number of nitrogens with zero attached hydrogens (tertiary/aromatic N) is 1. The molecule has 0 atom stereocenters. The number of para-hydroxylation sites is 1. The zero-order chi connectivity index (χ0) is 10.8. The molecule has 0 radical (unpaired) electrons. The van der Waals surface area contributed by atoms with Crippen molar-refractivity contribution in [3.63, 3.8) is 0 Å². The van der Waals surface area contributed by atoms with Gasteiger partial charge in [-0.25, -0.2) is 0 Å². The molecule has 0 N–H and O–H groups in total. The van der Waals surface area contributed by atoms with Crippen LogP contribution in [0.1, 0.15) is 16.8 Å². The fraction of sp³-hybridized carbons (Fsp3) is 0.250. The summed E-state index contributed by atoms with van der Waals surface area (Å²) in [6.07, 6.45) is 2.40. The number of thiol groups is 1. The highest BCUT2D eigenvalue weighted by atomic mass is 32.1. The SMILES string of the molecule is Cn1cc(C(=O)CCS)c2ccccc21. The molecular formula is C12H13NOS. The Morgan fingerprint density at radius 2 is 2.13 bits per heavy atom. The average Bonchev–Trinajstić information content (AvgIpc) is 2.58. The zero-order valence-corrected chi connectivity index (χ0v) is 9.50. The molecule has 1 aromatic carbocycles. The third-order valence-electron chi connectivity index (χ3n) is 2.54. The molecule has 1 aromatic heterocycles. The summed E-state index contributed by atoms with van der Waals surface area (Å²) in [7, 11) is 1.96. The highest BCUT2D eigenvalue weighted by Gasteiger charge is 2.12. The van der Waals surface area contributed by atoms with Crippen molar-refractivity contribution < 1.29 is 4.79 Å². The Kier molecular flexibility index (Phi) is 2.82. The minimum atomic E-state index is 0.168. The fourth-order valence-corrected chi connectivity index (χ4v) is 2.00. The molecule has 0 unspecified atom stereocenters. The van der Waals surface area contributed by atoms with E-state index in [-0.39, 0.29) is 5.78 Å². The second-order valence-corrected chi connectivity index (χ2v) is 4.01. The van der Waals surface area contributed by atoms with Crippen LogP contribution in [0.3, 0.4) is 0 Å². The second-order valence-electron chi connectivity index (χ2n) is 3.57. The molecule has 3 heteroatoms. The Labute approximate surface area is 94.3 Å². The van der Waals surface area contributed by atoms with Crippen molar-refractivity contribution in [2.45, 2.75) is 6.42 Å². The third-order valence-corrected chi connectivity index (χ3v) is 2.76. The van der Waals surface area contributed by atoms with Crippen molar-refractivity contribution in [3.05, 3.63) is 36.0 Å². The van der Waals surface area contributed by atoms with Gasteiger partial charge in [0.25, 0.3) is 0 Å². The van der Waals surface area contributed by atoms with Crippen LogP contribution in [0.25, 0.3) is 10.9 Å². The quantitative estimate of drug-likeness (QED) is 0.622. The van der Waals surface area contributed by atoms with E-state index in [1.54, 1.807) is 0 Å². The molecule has 0 amide bonds. The number of rotatable bonds is 3. The first-order valence-corrected chi connectivity index (χ1v) is 5.55. The molecule has 0 aliphatic rings. The number of hydrogen-bond acceptors (Lipinski definition) is 2. The van der Waals surface area contributed by atoms with E-state index >= 15 is 0 Å². The minimum Gasteiger partial charge on any atom is -0.350 e. The highest BCUT2D eigenvalue weighted by molar-refractivity contribution is 7.80. The number of aromatic nitrogens is 1. The molecular weight excluding hydrogens is 206 g/mol. The molecule has 0 fully saturated rings. The monoisotopic (exact) mass is 219 g/mol. The largest absolute Gasteiger partial charge is 0.350 e. The van der Waals surface area contributed by atoms with E-state index in [1.165, 1.54) is 0 Å². The first-order valence-electron chi connectivity index (χ1n) is 4.92. The van der Waals surface area contributed by atoms with Crippen LogP contribution in [0.2, 0.25) is 0 Å². The number of carbonyl (C=O) groups excluding carboxylic acids is 1. The molecule has 0 aliphatic heterocycles. The van der Waals surface area contributed by atoms with E-state index in [9.17, 15) is 4.79 Å². The van der Waals surface area contributed by atoms with Crippen LogP contribution < -0.4 is 0 Å². The van der Waals surface area contributed by atoms with Gasteiger partial charge in [0, 0.05) is 36.1 Å². The van der Waals surface area contributed by atoms with Crippen LogP contribution >= 0.6 is 12.6 Å². The average molecular weight is 219 g/mol. The van der Waals surface area contributed by atoms with Gasteiger partial charge in [-0.1, -0.05) is 18.2 Å². The summed E-state index contributed by atoms with van der Waals surface area (Å²) in [5.41, 5.74) is 1.90. The van der Waals surface area contributed by atoms with E-state index in [4.69, 9.17) is 0 Å². The van der Waals surface area contributed by atoms with Gasteiger partial charge in [0.1, 0.15) is 0 Å². The molecule has 0 bridgehead atoms. The van der Waals surface area contributed by atoms with Crippen molar-refractivity contribution in [1.29, 1.82) is 0 Å². The van der Waals surface area contributed by atoms with Crippen molar-refractivity contribution in [2.24, 2.45) is 7.05 Å². The van der Waals surface area contributed by atoms with Gasteiger partial charge >= 0.3 is 0 Å². The molecule has 0 saturated heterocycles. The third kappa shape index (κ3) is 1.79. The number of benzene rings is 1. The number of ketones is 1. The van der Waals surface area contributed by atoms with Gasteiger partial charge in [-0.2, -0.15) is 12.6 Å². The van der Waals surface area contributed by atoms with Gasteiger partial charge in [0.2, 0.25) is 0 Å². The maximum Gasteiger partial charge on any atom is 0.165 e. The summed E-state index contributed by atoms with van der Waals surface area (Å²) < 4.78 is 1.99. The Bertz CT molecular complexity index is 501. The van der Waals surface area contributed by atoms with E-state index in [1.807, 2.05) is 42.1 Å². The Morgan fingerprint density at radius 3 is 2.87 bits per heavy atom. The predicted octanol–water partition coefficient (Wildman–Crippen LogP) is 2.68. The lowest BCUT2D eigenvalue weighted by Gasteiger charge is -1.95. The van der Waals surface area contributed by atoms with Crippen LogP contribution in [0, 0.1) is 0 Å². The lowest BCUT2D eigenvalue weighted by atomic mass is 10.1. The summed E-state index contributed by atoms with van der Waals surface area (Å²) in [5.74, 6) is 0.768. The van der Waals surface area contributed by atoms with Gasteiger partial charge in [0.05, 0.1) is 0 Å². The van der Waals surface area contributed by atoms with E-state index in [0.717, 1.165) is 16.5 Å². The minimum absolute atomic E-state index is 0.168. The molecule has 2 rings (SSSR count). The number of hydrogen-bond donors (Lipinski definition) is 1. The summed E-state index contributed by atoms with van der Waals surface area (Å²) in [6.45, 7) is 0. The lowest BCUT2D eigenvalue weighted by molar-refractivity contribution is 0.0991. The molecule has 2 aromatic rings. The number of Topliss-reactive ketones (excluding diaryl/α,β-unsaturated/α-hetero) is 1. The smallest absolute Gasteiger partial charge is 0.165 e. The van der Waals surface area contributed by atoms with Crippen LogP contribution in [0.15, 0.2) is 30.5 Å². The summed E-state index contributed by atoms with van der Waals surface area (Å²) in [4.78, 5) is 11.8. The van der Waals surface area contributed by atoms with E-state index < -0.39 is 0 Å². The molecule has 15 heavy (non-hydrogen) atoms. The maximum absolute atomic E-state index is 11.8. The molecule has 0 aliphatic carbocycles. The topological polar surface area (TPSA) is 22.0 Å². The Balaban J connectivity index is 2.57. The van der Waals surface area contributed by atoms with Gasteiger partial charge in [0.15, 0.2) is 5.78 Å². The predicted molar refractivity (Wildman–Crippen MR) is 65.7 cm³/mol. The van der Waals surface area contributed by atoms with Crippen molar-refractivity contribution >= 4 is 29.3 Å². The number of carbonyl (C=O) groups is 1. The van der Waals surface area contributed by atoms with Crippen molar-refractivity contribution in [1.82, 2.24) is 4.57 Å². The van der Waals surface area contributed by atoms with Crippen LogP contribution in [-0.2, 0) is 7.05 Å². The van der Waals surface area contributed by atoms with Gasteiger partial charge < -0.3 is 4.57 Å². The van der Waals surface area contributed by atoms with E-state index in [0.29, 0.717) is 12.2 Å². The molecule has 0 saturated carbocycles. The van der Waals surface area contributed by atoms with Gasteiger partial charge in [-0.15, -0.1) is 0 Å². The van der Waals surface area contributed by atoms with Crippen molar-refractivity contribution in [2.75, 3.05) is 5.75 Å². The molecule has 78 valence electrons. The zero-order valence-electron chi connectivity index (χ0n) is 8.60. The number of fused-ring (bicyclic) bond motifs is 1. The fourth-order valence-electron chi connectivity index (χ4n) is 1.80. The van der Waals surface area contributed by atoms with E-state index in [2.05, 4.69) is 12.6 Å². The normalized spacial score (nSPS) is 10.8. The summed E-state index contributed by atoms with van der Waals surface area (Å²) in [6, 6.07) is 7.95. The molecule has 0 spiro atoms. The Hall–Kier alpha value is -1.22. The van der Waals surface area contributed by atoms with Gasteiger partial charge in [-0.3, -0.25) is 4.79 Å². The van der Waals surface area contributed by atoms with Crippen LogP contribution in [0.5, 0.6) is 0 Å². The summed E-state index contributed by atoms with van der Waals surface area (Å²) in [5, 5.41) is 1.03. The molecule has 1 heterocycles. The van der Waals surface area contributed by atoms with Crippen LogP contribution in [-0.4, -0.2) is 16.1 Å². The number of aryl methyl sites for hydroxylation is 1. The standard InChI is InChI=1S/C12H13NOS/c1-13-8-10(12(14)6-7-15)9-4-2-3-5-11(9)13/h2-5,8,15H,6-7H2,1H3. The first kappa shape index (κ1) is 10.3. The highest BCUT2D eigenvalue weighted by Crippen LogP contribution is 2.21. The molecule has 2 nitrogen and oxygen atoms in total. The Morgan fingerprint density at radius 1 is 1.40 bits per heavy atom. The maximum atomic E-state index is 11.8. The van der Waals surface area contributed by atoms with Crippen LogP contribution in [0.4, 0.5) is 0 Å². The van der Waals surface area contributed by atoms with Crippen molar-refractivity contribution in [3.8, 4) is 0 Å².